The highest BCUT2D eigenvalue weighted by Crippen LogP contribution is 2.13. The molecule has 2 N–H and O–H groups in total. The van der Waals surface area contributed by atoms with Gasteiger partial charge in [-0.25, -0.2) is 4.98 Å². The molecular weight excluding hydrogens is 202 g/mol. The summed E-state index contributed by atoms with van der Waals surface area (Å²) in [5, 5.41) is 8.02. The first-order valence-electron chi connectivity index (χ1n) is 5.40. The van der Waals surface area contributed by atoms with E-state index in [1.165, 1.54) is 0 Å². The van der Waals surface area contributed by atoms with Crippen molar-refractivity contribution in [2.24, 2.45) is 5.73 Å². The molecule has 0 spiro atoms. The molecular formula is C11H15N5. The van der Waals surface area contributed by atoms with Crippen LogP contribution in [0.5, 0.6) is 0 Å². The minimum atomic E-state index is 0.453. The van der Waals surface area contributed by atoms with E-state index in [1.807, 2.05) is 16.8 Å². The second-order valence-corrected chi connectivity index (χ2v) is 3.55. The van der Waals surface area contributed by atoms with Crippen molar-refractivity contribution in [3.63, 3.8) is 0 Å². The molecule has 0 aliphatic heterocycles. The highest BCUT2D eigenvalue weighted by atomic mass is 15.2. The second-order valence-electron chi connectivity index (χ2n) is 3.55. The molecule has 0 unspecified atom stereocenters. The lowest BCUT2D eigenvalue weighted by atomic mass is 10.2. The quantitative estimate of drug-likeness (QED) is 0.831. The van der Waals surface area contributed by atoms with E-state index in [0.717, 1.165) is 30.0 Å². The molecule has 0 atom stereocenters. The van der Waals surface area contributed by atoms with E-state index in [0.29, 0.717) is 6.54 Å². The zero-order valence-electron chi connectivity index (χ0n) is 9.30. The fourth-order valence-corrected chi connectivity index (χ4v) is 1.65. The molecule has 0 aliphatic rings. The number of nitrogens with zero attached hydrogens (tertiary/aromatic N) is 4. The van der Waals surface area contributed by atoms with Gasteiger partial charge in [0.1, 0.15) is 5.82 Å². The second kappa shape index (κ2) is 4.85. The smallest absolute Gasteiger partial charge is 0.165 e. The summed E-state index contributed by atoms with van der Waals surface area (Å²) < 4.78 is 1.96. The van der Waals surface area contributed by atoms with Crippen LogP contribution in [0.4, 0.5) is 0 Å². The van der Waals surface area contributed by atoms with E-state index >= 15 is 0 Å². The Morgan fingerprint density at radius 2 is 2.25 bits per heavy atom. The summed E-state index contributed by atoms with van der Waals surface area (Å²) in [6.07, 6.45) is 7.30. The van der Waals surface area contributed by atoms with E-state index in [1.54, 1.807) is 12.4 Å². The van der Waals surface area contributed by atoms with Gasteiger partial charge in [-0.1, -0.05) is 6.92 Å². The molecule has 0 fully saturated rings. The Balaban J connectivity index is 2.45. The first-order chi connectivity index (χ1) is 7.86. The number of nitrogens with two attached hydrogens (primary N) is 1. The molecule has 0 radical (unpaired) electrons. The van der Waals surface area contributed by atoms with Gasteiger partial charge in [0.05, 0.1) is 6.20 Å². The third-order valence-corrected chi connectivity index (χ3v) is 2.42. The number of imidazole rings is 1. The number of hydrogen-bond donors (Lipinski definition) is 1. The third-order valence-electron chi connectivity index (χ3n) is 2.42. The van der Waals surface area contributed by atoms with Crippen molar-refractivity contribution in [2.75, 3.05) is 0 Å². The summed E-state index contributed by atoms with van der Waals surface area (Å²) >= 11 is 0. The van der Waals surface area contributed by atoms with E-state index in [2.05, 4.69) is 22.1 Å². The molecule has 84 valence electrons. The van der Waals surface area contributed by atoms with Gasteiger partial charge in [0.25, 0.3) is 0 Å². The summed E-state index contributed by atoms with van der Waals surface area (Å²) in [7, 11) is 0. The van der Waals surface area contributed by atoms with Crippen LogP contribution < -0.4 is 5.73 Å². The van der Waals surface area contributed by atoms with Crippen LogP contribution in [-0.2, 0) is 13.0 Å². The maximum absolute atomic E-state index is 5.68. The van der Waals surface area contributed by atoms with Crippen molar-refractivity contribution in [2.45, 2.75) is 26.3 Å². The number of rotatable bonds is 4. The Morgan fingerprint density at radius 1 is 1.38 bits per heavy atom. The Labute approximate surface area is 94.3 Å². The monoisotopic (exact) mass is 217 g/mol. The molecule has 2 rings (SSSR count). The predicted octanol–water partition coefficient (Wildman–Crippen LogP) is 1.07. The molecule has 0 aliphatic carbocycles. The maximum atomic E-state index is 5.68. The van der Waals surface area contributed by atoms with Crippen molar-refractivity contribution >= 4 is 0 Å². The standard InChI is InChI=1S/C11H15N5/c1-2-3-10-13-6-7-16(10)11-9(8-12)4-5-14-15-11/h4-7H,2-3,8,12H2,1H3. The van der Waals surface area contributed by atoms with E-state index in [-0.39, 0.29) is 0 Å². The molecule has 0 aromatic carbocycles. The molecule has 5 nitrogen and oxygen atoms in total. The van der Waals surface area contributed by atoms with Gasteiger partial charge in [0, 0.05) is 30.9 Å². The van der Waals surface area contributed by atoms with Crippen LogP contribution in [0.2, 0.25) is 0 Å². The minimum absolute atomic E-state index is 0.453. The van der Waals surface area contributed by atoms with Crippen molar-refractivity contribution in [1.82, 2.24) is 19.7 Å². The summed E-state index contributed by atoms with van der Waals surface area (Å²) in [6.45, 7) is 2.58. The molecule has 2 aromatic heterocycles. The molecule has 0 bridgehead atoms. The van der Waals surface area contributed by atoms with Gasteiger partial charge in [0.2, 0.25) is 0 Å². The summed E-state index contributed by atoms with van der Waals surface area (Å²) in [5.41, 5.74) is 6.66. The summed E-state index contributed by atoms with van der Waals surface area (Å²) in [5.74, 6) is 1.78. The largest absolute Gasteiger partial charge is 0.326 e. The fraction of sp³-hybridized carbons (Fsp3) is 0.364. The highest BCUT2D eigenvalue weighted by molar-refractivity contribution is 5.33. The van der Waals surface area contributed by atoms with Gasteiger partial charge in [-0.05, 0) is 12.5 Å². The lowest BCUT2D eigenvalue weighted by Gasteiger charge is -2.08. The third kappa shape index (κ3) is 1.94. The molecule has 5 heteroatoms. The van der Waals surface area contributed by atoms with Gasteiger partial charge >= 0.3 is 0 Å². The Morgan fingerprint density at radius 3 is 3.00 bits per heavy atom. The van der Waals surface area contributed by atoms with Crippen molar-refractivity contribution in [3.8, 4) is 5.82 Å². The molecule has 2 aromatic rings. The minimum Gasteiger partial charge on any atom is -0.326 e. The average Bonchev–Trinajstić information content (AvgIpc) is 2.77. The summed E-state index contributed by atoms with van der Waals surface area (Å²) in [6, 6.07) is 1.89. The van der Waals surface area contributed by atoms with Crippen molar-refractivity contribution < 1.29 is 0 Å². The Bertz CT molecular complexity index is 463. The first kappa shape index (κ1) is 10.8. The van der Waals surface area contributed by atoms with E-state index in [9.17, 15) is 0 Å². The zero-order chi connectivity index (χ0) is 11.4. The average molecular weight is 217 g/mol. The van der Waals surface area contributed by atoms with Gasteiger partial charge in [-0.15, -0.1) is 5.10 Å². The first-order valence-corrected chi connectivity index (χ1v) is 5.40. The van der Waals surface area contributed by atoms with Crippen LogP contribution in [0.25, 0.3) is 5.82 Å². The van der Waals surface area contributed by atoms with E-state index in [4.69, 9.17) is 5.73 Å². The molecule has 16 heavy (non-hydrogen) atoms. The van der Waals surface area contributed by atoms with Gasteiger partial charge in [0.15, 0.2) is 5.82 Å². The predicted molar refractivity (Wildman–Crippen MR) is 61.0 cm³/mol. The van der Waals surface area contributed by atoms with Crippen LogP contribution in [0.1, 0.15) is 24.7 Å². The number of aryl methyl sites for hydroxylation is 1. The number of hydrogen-bond acceptors (Lipinski definition) is 4. The summed E-state index contributed by atoms with van der Waals surface area (Å²) in [4.78, 5) is 4.31. The van der Waals surface area contributed by atoms with Gasteiger partial charge in [-0.2, -0.15) is 5.10 Å². The van der Waals surface area contributed by atoms with Crippen LogP contribution in [0, 0.1) is 0 Å². The van der Waals surface area contributed by atoms with Crippen LogP contribution in [0.15, 0.2) is 24.7 Å². The molecule has 2 heterocycles. The van der Waals surface area contributed by atoms with Crippen molar-refractivity contribution in [3.05, 3.63) is 36.0 Å². The van der Waals surface area contributed by atoms with Gasteiger partial charge < -0.3 is 5.73 Å². The zero-order valence-corrected chi connectivity index (χ0v) is 9.30. The normalized spacial score (nSPS) is 10.6. The molecule has 0 amide bonds. The SMILES string of the molecule is CCCc1nccn1-c1nnccc1CN. The lowest BCUT2D eigenvalue weighted by Crippen LogP contribution is -2.09. The fourth-order valence-electron chi connectivity index (χ4n) is 1.65. The van der Waals surface area contributed by atoms with Crippen LogP contribution in [-0.4, -0.2) is 19.7 Å². The van der Waals surface area contributed by atoms with Crippen LogP contribution in [0.3, 0.4) is 0 Å². The van der Waals surface area contributed by atoms with Crippen LogP contribution >= 0.6 is 0 Å². The van der Waals surface area contributed by atoms with Gasteiger partial charge in [-0.3, -0.25) is 4.57 Å². The Kier molecular flexibility index (Phi) is 3.26. The van der Waals surface area contributed by atoms with Crippen molar-refractivity contribution in [1.29, 1.82) is 0 Å². The lowest BCUT2D eigenvalue weighted by molar-refractivity contribution is 0.775. The highest BCUT2D eigenvalue weighted by Gasteiger charge is 2.09. The molecule has 0 saturated carbocycles. The topological polar surface area (TPSA) is 69.6 Å². The Hall–Kier alpha value is -1.75. The van der Waals surface area contributed by atoms with E-state index < -0.39 is 0 Å². The molecule has 0 saturated heterocycles. The maximum Gasteiger partial charge on any atom is 0.165 e. The number of aromatic nitrogens is 4.